The molecule has 0 heterocycles. The van der Waals surface area contributed by atoms with Crippen molar-refractivity contribution in [3.05, 3.63) is 58.9 Å². The molecular weight excluding hydrogens is 307 g/mol. The summed E-state index contributed by atoms with van der Waals surface area (Å²) < 4.78 is 14.3. The summed E-state index contributed by atoms with van der Waals surface area (Å²) in [5, 5.41) is 0.671. The molecule has 124 valence electrons. The quantitative estimate of drug-likeness (QED) is 0.418. The summed E-state index contributed by atoms with van der Waals surface area (Å²) in [5.74, 6) is -0.146. The minimum absolute atomic E-state index is 0.146. The Kier molecular flexibility index (Phi) is 7.61. The topological polar surface area (TPSA) is 0 Å². The van der Waals surface area contributed by atoms with Crippen LogP contribution in [-0.4, -0.2) is 0 Å². The lowest BCUT2D eigenvalue weighted by Gasteiger charge is -2.07. The van der Waals surface area contributed by atoms with Crippen LogP contribution >= 0.6 is 11.6 Å². The van der Waals surface area contributed by atoms with E-state index >= 15 is 0 Å². The zero-order chi connectivity index (χ0) is 16.5. The van der Waals surface area contributed by atoms with Gasteiger partial charge in [0, 0.05) is 10.6 Å². The number of halogens is 2. The van der Waals surface area contributed by atoms with Crippen molar-refractivity contribution < 1.29 is 4.39 Å². The molecular formula is C21H26ClF. The van der Waals surface area contributed by atoms with E-state index in [9.17, 15) is 4.39 Å². The van der Waals surface area contributed by atoms with Gasteiger partial charge in [0.2, 0.25) is 0 Å². The van der Waals surface area contributed by atoms with Gasteiger partial charge in [-0.3, -0.25) is 0 Å². The number of hydrogen-bond donors (Lipinski definition) is 0. The van der Waals surface area contributed by atoms with Crippen molar-refractivity contribution in [2.24, 2.45) is 0 Å². The molecule has 0 aliphatic heterocycles. The van der Waals surface area contributed by atoms with Crippen molar-refractivity contribution in [2.75, 3.05) is 0 Å². The van der Waals surface area contributed by atoms with Gasteiger partial charge < -0.3 is 0 Å². The summed E-state index contributed by atoms with van der Waals surface area (Å²) in [7, 11) is 0. The molecule has 0 fully saturated rings. The van der Waals surface area contributed by atoms with Crippen molar-refractivity contribution in [3.63, 3.8) is 0 Å². The molecule has 2 rings (SSSR count). The van der Waals surface area contributed by atoms with Gasteiger partial charge in [0.25, 0.3) is 0 Å². The molecule has 0 nitrogen and oxygen atoms in total. The number of unbranched alkanes of at least 4 members (excludes halogenated alkanes) is 6. The first-order valence-electron chi connectivity index (χ1n) is 8.75. The first-order valence-corrected chi connectivity index (χ1v) is 9.13. The molecule has 0 unspecified atom stereocenters. The molecule has 2 heteroatoms. The summed E-state index contributed by atoms with van der Waals surface area (Å²) in [6, 6.07) is 12.9. The Morgan fingerprint density at radius 3 is 2.13 bits per heavy atom. The van der Waals surface area contributed by atoms with Gasteiger partial charge in [-0.1, -0.05) is 81.3 Å². The Morgan fingerprint density at radius 2 is 1.48 bits per heavy atom. The van der Waals surface area contributed by atoms with Crippen LogP contribution in [0.2, 0.25) is 5.02 Å². The van der Waals surface area contributed by atoms with Crippen molar-refractivity contribution in [3.8, 4) is 11.1 Å². The average molecular weight is 333 g/mol. The first kappa shape index (κ1) is 18.0. The van der Waals surface area contributed by atoms with Crippen LogP contribution in [0.4, 0.5) is 4.39 Å². The monoisotopic (exact) mass is 332 g/mol. The van der Waals surface area contributed by atoms with Crippen molar-refractivity contribution >= 4 is 11.6 Å². The second-order valence-electron chi connectivity index (χ2n) is 6.19. The lowest BCUT2D eigenvalue weighted by atomic mass is 10.00. The maximum atomic E-state index is 14.3. The van der Waals surface area contributed by atoms with Gasteiger partial charge in [0.15, 0.2) is 0 Å². The Labute approximate surface area is 144 Å². The van der Waals surface area contributed by atoms with Crippen LogP contribution in [0.15, 0.2) is 42.5 Å². The standard InChI is InChI=1S/C21H26ClF/c1-2-3-4-5-6-7-8-9-17-10-15-20(21(23)16-17)18-11-13-19(22)14-12-18/h10-16H,2-9H2,1H3. The van der Waals surface area contributed by atoms with E-state index in [2.05, 4.69) is 6.92 Å². The third kappa shape index (κ3) is 5.99. The number of benzene rings is 2. The Hall–Kier alpha value is -1.34. The maximum absolute atomic E-state index is 14.3. The Bertz CT molecular complexity index is 589. The van der Waals surface area contributed by atoms with E-state index in [1.165, 1.54) is 38.5 Å². The van der Waals surface area contributed by atoms with Gasteiger partial charge in [-0.15, -0.1) is 0 Å². The van der Waals surface area contributed by atoms with Gasteiger partial charge in [-0.2, -0.15) is 0 Å². The van der Waals surface area contributed by atoms with Crippen molar-refractivity contribution in [1.29, 1.82) is 0 Å². The maximum Gasteiger partial charge on any atom is 0.131 e. The fourth-order valence-corrected chi connectivity index (χ4v) is 2.99. The predicted octanol–water partition coefficient (Wildman–Crippen LogP) is 7.44. The number of rotatable bonds is 9. The molecule has 0 amide bonds. The fraction of sp³-hybridized carbons (Fsp3) is 0.429. The smallest absolute Gasteiger partial charge is 0.131 e. The average Bonchev–Trinajstić information content (AvgIpc) is 2.55. The van der Waals surface area contributed by atoms with Crippen LogP contribution in [0.25, 0.3) is 11.1 Å². The van der Waals surface area contributed by atoms with E-state index < -0.39 is 0 Å². The lowest BCUT2D eigenvalue weighted by Crippen LogP contribution is -1.91. The minimum Gasteiger partial charge on any atom is -0.206 e. The summed E-state index contributed by atoms with van der Waals surface area (Å²) in [5.41, 5.74) is 2.60. The molecule has 0 saturated carbocycles. The molecule has 0 aromatic heterocycles. The molecule has 0 aliphatic carbocycles. The molecule has 0 aliphatic rings. The molecule has 0 atom stereocenters. The zero-order valence-electron chi connectivity index (χ0n) is 14.0. The first-order chi connectivity index (χ1) is 11.2. The molecule has 0 spiro atoms. The molecule has 0 N–H and O–H groups in total. The highest BCUT2D eigenvalue weighted by Crippen LogP contribution is 2.25. The predicted molar refractivity (Wildman–Crippen MR) is 98.5 cm³/mol. The number of hydrogen-bond acceptors (Lipinski definition) is 0. The molecule has 2 aromatic carbocycles. The van der Waals surface area contributed by atoms with E-state index in [1.54, 1.807) is 18.2 Å². The highest BCUT2D eigenvalue weighted by atomic mass is 35.5. The lowest BCUT2D eigenvalue weighted by molar-refractivity contribution is 0.587. The van der Waals surface area contributed by atoms with Gasteiger partial charge in [-0.25, -0.2) is 4.39 Å². The fourth-order valence-electron chi connectivity index (χ4n) is 2.86. The zero-order valence-corrected chi connectivity index (χ0v) is 14.7. The highest BCUT2D eigenvalue weighted by Gasteiger charge is 2.06. The molecule has 2 aromatic rings. The summed E-state index contributed by atoms with van der Waals surface area (Å²) in [6.07, 6.45) is 9.96. The van der Waals surface area contributed by atoms with Crippen LogP contribution in [0, 0.1) is 5.82 Å². The van der Waals surface area contributed by atoms with Gasteiger partial charge in [0.05, 0.1) is 0 Å². The van der Waals surface area contributed by atoms with E-state index in [-0.39, 0.29) is 5.82 Å². The molecule has 23 heavy (non-hydrogen) atoms. The molecule has 0 saturated heterocycles. The highest BCUT2D eigenvalue weighted by molar-refractivity contribution is 6.30. The van der Waals surface area contributed by atoms with Crippen molar-refractivity contribution in [1.82, 2.24) is 0 Å². The molecule has 0 bridgehead atoms. The van der Waals surface area contributed by atoms with Crippen LogP contribution in [0.1, 0.15) is 57.4 Å². The van der Waals surface area contributed by atoms with E-state index in [0.29, 0.717) is 10.6 Å². The summed E-state index contributed by atoms with van der Waals surface area (Å²) >= 11 is 5.88. The van der Waals surface area contributed by atoms with Crippen LogP contribution in [0.5, 0.6) is 0 Å². The summed E-state index contributed by atoms with van der Waals surface area (Å²) in [4.78, 5) is 0. The van der Waals surface area contributed by atoms with Gasteiger partial charge in [-0.05, 0) is 42.2 Å². The van der Waals surface area contributed by atoms with E-state index in [4.69, 9.17) is 11.6 Å². The minimum atomic E-state index is -0.146. The van der Waals surface area contributed by atoms with Gasteiger partial charge in [0.1, 0.15) is 5.82 Å². The van der Waals surface area contributed by atoms with Crippen LogP contribution in [0.3, 0.4) is 0 Å². The van der Waals surface area contributed by atoms with Crippen LogP contribution in [-0.2, 0) is 6.42 Å². The largest absolute Gasteiger partial charge is 0.206 e. The summed E-state index contributed by atoms with van der Waals surface area (Å²) in [6.45, 7) is 2.24. The normalized spacial score (nSPS) is 10.9. The number of aryl methyl sites for hydroxylation is 1. The third-order valence-corrected chi connectivity index (χ3v) is 4.51. The SMILES string of the molecule is CCCCCCCCCc1ccc(-c2ccc(Cl)cc2)c(F)c1. The second kappa shape index (κ2) is 9.72. The van der Waals surface area contributed by atoms with E-state index in [1.807, 2.05) is 24.3 Å². The molecule has 0 radical (unpaired) electrons. The Balaban J connectivity index is 1.83. The third-order valence-electron chi connectivity index (χ3n) is 4.26. The van der Waals surface area contributed by atoms with Crippen LogP contribution < -0.4 is 0 Å². The van der Waals surface area contributed by atoms with E-state index in [0.717, 1.165) is 24.0 Å². The second-order valence-corrected chi connectivity index (χ2v) is 6.63. The van der Waals surface area contributed by atoms with Gasteiger partial charge >= 0.3 is 0 Å². The van der Waals surface area contributed by atoms with Crippen molar-refractivity contribution in [2.45, 2.75) is 58.3 Å². The Morgan fingerprint density at radius 1 is 0.826 bits per heavy atom.